The minimum absolute atomic E-state index is 0.0787. The van der Waals surface area contributed by atoms with Gasteiger partial charge in [-0.2, -0.15) is 0 Å². The van der Waals surface area contributed by atoms with Crippen molar-refractivity contribution in [2.24, 2.45) is 10.7 Å². The maximum Gasteiger partial charge on any atom is 0.192 e. The van der Waals surface area contributed by atoms with Gasteiger partial charge in [-0.05, 0) is 47.0 Å². The highest BCUT2D eigenvalue weighted by atomic mass is 15.3. The summed E-state index contributed by atoms with van der Waals surface area (Å²) < 4.78 is 0. The second kappa shape index (κ2) is 4.42. The largest absolute Gasteiger partial charge is 0.370 e. The summed E-state index contributed by atoms with van der Waals surface area (Å²) in [6.07, 6.45) is 3.64. The summed E-state index contributed by atoms with van der Waals surface area (Å²) in [7, 11) is 0. The van der Waals surface area contributed by atoms with Crippen LogP contribution in [-0.2, 0) is 0 Å². The van der Waals surface area contributed by atoms with Gasteiger partial charge >= 0.3 is 0 Å². The molecule has 15 heavy (non-hydrogen) atoms. The van der Waals surface area contributed by atoms with E-state index in [0.29, 0.717) is 12.1 Å². The molecule has 0 saturated carbocycles. The predicted molar refractivity (Wildman–Crippen MR) is 66.0 cm³/mol. The van der Waals surface area contributed by atoms with E-state index in [1.165, 1.54) is 12.8 Å². The van der Waals surface area contributed by atoms with Gasteiger partial charge in [-0.3, -0.25) is 0 Å². The number of hydrogen-bond donors (Lipinski definition) is 1. The smallest absolute Gasteiger partial charge is 0.192 e. The summed E-state index contributed by atoms with van der Waals surface area (Å²) in [5.41, 5.74) is 6.02. The Balaban J connectivity index is 2.81. The quantitative estimate of drug-likeness (QED) is 0.534. The average molecular weight is 211 g/mol. The Labute approximate surface area is 93.7 Å². The third-order valence-corrected chi connectivity index (χ3v) is 2.97. The van der Waals surface area contributed by atoms with E-state index in [2.05, 4.69) is 44.5 Å². The van der Waals surface area contributed by atoms with Crippen LogP contribution in [0.25, 0.3) is 0 Å². The van der Waals surface area contributed by atoms with Crippen molar-refractivity contribution in [2.45, 2.75) is 71.5 Å². The molecule has 2 unspecified atom stereocenters. The fourth-order valence-corrected chi connectivity index (χ4v) is 2.29. The standard InChI is InChI=1S/C12H25N3/c1-6-10-8-7-9(2)15(10)11(13)14-12(3,4)5/h9-10H,6-8H2,1-5H3,(H2,13,14). The van der Waals surface area contributed by atoms with Crippen LogP contribution in [0.2, 0.25) is 0 Å². The summed E-state index contributed by atoms with van der Waals surface area (Å²) in [6.45, 7) is 10.7. The zero-order valence-electron chi connectivity index (χ0n) is 10.7. The van der Waals surface area contributed by atoms with Gasteiger partial charge in [-0.25, -0.2) is 4.99 Å². The van der Waals surface area contributed by atoms with Crippen LogP contribution in [0.5, 0.6) is 0 Å². The van der Waals surface area contributed by atoms with E-state index >= 15 is 0 Å². The number of hydrogen-bond acceptors (Lipinski definition) is 1. The molecule has 3 heteroatoms. The number of nitrogens with zero attached hydrogens (tertiary/aromatic N) is 2. The zero-order chi connectivity index (χ0) is 11.6. The Kier molecular flexibility index (Phi) is 3.63. The minimum Gasteiger partial charge on any atom is -0.370 e. The number of aliphatic imine (C=N–C) groups is 1. The molecule has 1 aliphatic heterocycles. The van der Waals surface area contributed by atoms with Gasteiger partial charge in [0.2, 0.25) is 0 Å². The number of rotatable bonds is 1. The normalized spacial score (nSPS) is 28.6. The lowest BCUT2D eigenvalue weighted by Gasteiger charge is -2.30. The van der Waals surface area contributed by atoms with Crippen molar-refractivity contribution in [3.63, 3.8) is 0 Å². The average Bonchev–Trinajstić information content (AvgIpc) is 2.43. The maximum absolute atomic E-state index is 6.10. The molecule has 2 N–H and O–H groups in total. The summed E-state index contributed by atoms with van der Waals surface area (Å²) in [5, 5.41) is 0. The lowest BCUT2D eigenvalue weighted by atomic mass is 10.1. The van der Waals surface area contributed by atoms with Crippen molar-refractivity contribution in [1.82, 2.24) is 4.90 Å². The molecule has 0 radical (unpaired) electrons. The first-order chi connectivity index (χ1) is 6.85. The van der Waals surface area contributed by atoms with Crippen molar-refractivity contribution >= 4 is 5.96 Å². The molecule has 1 saturated heterocycles. The third-order valence-electron chi connectivity index (χ3n) is 2.97. The van der Waals surface area contributed by atoms with Crippen molar-refractivity contribution in [3.8, 4) is 0 Å². The van der Waals surface area contributed by atoms with E-state index in [9.17, 15) is 0 Å². The molecule has 88 valence electrons. The van der Waals surface area contributed by atoms with Crippen LogP contribution >= 0.6 is 0 Å². The summed E-state index contributed by atoms with van der Waals surface area (Å²) >= 11 is 0. The molecule has 1 aliphatic rings. The molecule has 1 fully saturated rings. The van der Waals surface area contributed by atoms with Gasteiger partial charge in [-0.1, -0.05) is 6.92 Å². The molecule has 0 spiro atoms. The highest BCUT2D eigenvalue weighted by Gasteiger charge is 2.31. The molecule has 0 amide bonds. The van der Waals surface area contributed by atoms with Gasteiger partial charge in [0, 0.05) is 12.1 Å². The molecular weight excluding hydrogens is 186 g/mol. The highest BCUT2D eigenvalue weighted by Crippen LogP contribution is 2.26. The molecule has 0 aliphatic carbocycles. The molecular formula is C12H25N3. The maximum atomic E-state index is 6.10. The Morgan fingerprint density at radius 3 is 2.47 bits per heavy atom. The third kappa shape index (κ3) is 3.11. The van der Waals surface area contributed by atoms with Gasteiger partial charge in [0.15, 0.2) is 5.96 Å². The van der Waals surface area contributed by atoms with Crippen LogP contribution in [0.15, 0.2) is 4.99 Å². The van der Waals surface area contributed by atoms with Crippen LogP contribution in [-0.4, -0.2) is 28.5 Å². The van der Waals surface area contributed by atoms with Gasteiger partial charge in [-0.15, -0.1) is 0 Å². The van der Waals surface area contributed by atoms with E-state index in [-0.39, 0.29) is 5.54 Å². The topological polar surface area (TPSA) is 41.6 Å². The highest BCUT2D eigenvalue weighted by molar-refractivity contribution is 5.79. The van der Waals surface area contributed by atoms with Crippen molar-refractivity contribution in [2.75, 3.05) is 0 Å². The molecule has 3 nitrogen and oxygen atoms in total. The van der Waals surface area contributed by atoms with E-state index in [1.54, 1.807) is 0 Å². The lowest BCUT2D eigenvalue weighted by Crippen LogP contribution is -2.45. The van der Waals surface area contributed by atoms with E-state index < -0.39 is 0 Å². The summed E-state index contributed by atoms with van der Waals surface area (Å²) in [4.78, 5) is 6.86. The summed E-state index contributed by atoms with van der Waals surface area (Å²) in [5.74, 6) is 0.722. The molecule has 0 aromatic carbocycles. The van der Waals surface area contributed by atoms with Gasteiger partial charge in [0.25, 0.3) is 0 Å². The van der Waals surface area contributed by atoms with Crippen molar-refractivity contribution in [3.05, 3.63) is 0 Å². The second-order valence-electron chi connectivity index (χ2n) is 5.54. The molecule has 0 aromatic heterocycles. The molecule has 1 heterocycles. The van der Waals surface area contributed by atoms with Gasteiger partial charge < -0.3 is 10.6 Å². The number of likely N-dealkylation sites (tertiary alicyclic amines) is 1. The number of nitrogens with two attached hydrogens (primary N) is 1. The fraction of sp³-hybridized carbons (Fsp3) is 0.917. The Morgan fingerprint density at radius 1 is 1.40 bits per heavy atom. The van der Waals surface area contributed by atoms with Crippen molar-refractivity contribution in [1.29, 1.82) is 0 Å². The Bertz CT molecular complexity index is 240. The first-order valence-electron chi connectivity index (χ1n) is 5.99. The lowest BCUT2D eigenvalue weighted by molar-refractivity contribution is 0.313. The second-order valence-corrected chi connectivity index (χ2v) is 5.54. The number of guanidine groups is 1. The van der Waals surface area contributed by atoms with Crippen LogP contribution < -0.4 is 5.73 Å². The van der Waals surface area contributed by atoms with E-state index in [0.717, 1.165) is 12.4 Å². The molecule has 1 rings (SSSR count). The SMILES string of the molecule is CCC1CCC(C)N1C(N)=NC(C)(C)C. The van der Waals surface area contributed by atoms with Crippen LogP contribution in [0.4, 0.5) is 0 Å². The van der Waals surface area contributed by atoms with Crippen LogP contribution in [0, 0.1) is 0 Å². The zero-order valence-corrected chi connectivity index (χ0v) is 10.7. The molecule has 2 atom stereocenters. The van der Waals surface area contributed by atoms with E-state index in [4.69, 9.17) is 5.73 Å². The molecule has 0 aromatic rings. The summed E-state index contributed by atoms with van der Waals surface area (Å²) in [6, 6.07) is 1.13. The minimum atomic E-state index is -0.0787. The van der Waals surface area contributed by atoms with E-state index in [1.807, 2.05) is 0 Å². The van der Waals surface area contributed by atoms with Gasteiger partial charge in [0.1, 0.15) is 0 Å². The van der Waals surface area contributed by atoms with Crippen LogP contribution in [0.1, 0.15) is 53.9 Å². The first-order valence-corrected chi connectivity index (χ1v) is 5.99. The Hall–Kier alpha value is -0.730. The fourth-order valence-electron chi connectivity index (χ4n) is 2.29. The Morgan fingerprint density at radius 2 is 2.00 bits per heavy atom. The monoisotopic (exact) mass is 211 g/mol. The van der Waals surface area contributed by atoms with Gasteiger partial charge in [0.05, 0.1) is 5.54 Å². The van der Waals surface area contributed by atoms with Crippen molar-refractivity contribution < 1.29 is 0 Å². The predicted octanol–water partition coefficient (Wildman–Crippen LogP) is 2.36. The van der Waals surface area contributed by atoms with Crippen LogP contribution in [0.3, 0.4) is 0 Å². The molecule has 0 bridgehead atoms. The first kappa shape index (κ1) is 12.3.